The van der Waals surface area contributed by atoms with Gasteiger partial charge in [-0.15, -0.1) is 0 Å². The lowest BCUT2D eigenvalue weighted by molar-refractivity contribution is -0.135. The van der Waals surface area contributed by atoms with Crippen molar-refractivity contribution >= 4 is 5.91 Å². The summed E-state index contributed by atoms with van der Waals surface area (Å²) in [4.78, 5) is 13.0. The topological polar surface area (TPSA) is 55.6 Å². The van der Waals surface area contributed by atoms with Gasteiger partial charge in [0, 0.05) is 26.7 Å². The summed E-state index contributed by atoms with van der Waals surface area (Å²) in [7, 11) is 3.28. The van der Waals surface area contributed by atoms with Gasteiger partial charge in [0.15, 0.2) is 6.10 Å². The Morgan fingerprint density at radius 1 is 1.47 bits per heavy atom. The van der Waals surface area contributed by atoms with E-state index in [1.807, 2.05) is 0 Å². The number of nitrogens with zero attached hydrogens (tertiary/aromatic N) is 1. The molecule has 0 aromatic heterocycles. The van der Waals surface area contributed by atoms with Crippen LogP contribution in [-0.4, -0.2) is 31.0 Å². The highest BCUT2D eigenvalue weighted by Gasteiger charge is 2.16. The number of halogens is 1. The Hall–Kier alpha value is -1.62. The number of hydrogen-bond acceptors (Lipinski definition) is 3. The SMILES string of the molecule is CC(Oc1cc(F)cc(CN)c1)C(=O)N(C)C. The molecule has 5 heteroatoms. The lowest BCUT2D eigenvalue weighted by atomic mass is 10.2. The number of benzene rings is 1. The first kappa shape index (κ1) is 13.4. The van der Waals surface area contributed by atoms with Crippen molar-refractivity contribution in [3.63, 3.8) is 0 Å². The minimum absolute atomic E-state index is 0.177. The van der Waals surface area contributed by atoms with Gasteiger partial charge in [-0.2, -0.15) is 0 Å². The maximum absolute atomic E-state index is 13.2. The minimum Gasteiger partial charge on any atom is -0.481 e. The largest absolute Gasteiger partial charge is 0.481 e. The van der Waals surface area contributed by atoms with Crippen LogP contribution in [0.2, 0.25) is 0 Å². The average molecular weight is 240 g/mol. The second kappa shape index (κ2) is 5.63. The molecular formula is C12H17FN2O2. The predicted molar refractivity (Wildman–Crippen MR) is 63.1 cm³/mol. The smallest absolute Gasteiger partial charge is 0.262 e. The van der Waals surface area contributed by atoms with Gasteiger partial charge in [0.2, 0.25) is 0 Å². The van der Waals surface area contributed by atoms with E-state index in [1.165, 1.54) is 17.0 Å². The van der Waals surface area contributed by atoms with Crippen LogP contribution in [0.4, 0.5) is 4.39 Å². The average Bonchev–Trinajstić information content (AvgIpc) is 2.26. The standard InChI is InChI=1S/C12H17FN2O2/c1-8(12(16)15(2)3)17-11-5-9(7-14)4-10(13)6-11/h4-6,8H,7,14H2,1-3H3. The molecule has 0 heterocycles. The van der Waals surface area contributed by atoms with Crippen molar-refractivity contribution in [2.45, 2.75) is 19.6 Å². The minimum atomic E-state index is -0.655. The van der Waals surface area contributed by atoms with Gasteiger partial charge in [-0.05, 0) is 24.6 Å². The highest BCUT2D eigenvalue weighted by atomic mass is 19.1. The maximum atomic E-state index is 13.2. The number of amides is 1. The molecule has 1 rings (SSSR count). The number of carbonyl (C=O) groups excluding carboxylic acids is 1. The van der Waals surface area contributed by atoms with Crippen LogP contribution in [-0.2, 0) is 11.3 Å². The van der Waals surface area contributed by atoms with Crippen LogP contribution < -0.4 is 10.5 Å². The number of nitrogens with two attached hydrogens (primary N) is 1. The van der Waals surface area contributed by atoms with Crippen molar-refractivity contribution in [2.75, 3.05) is 14.1 Å². The van der Waals surface area contributed by atoms with Crippen LogP contribution in [0.1, 0.15) is 12.5 Å². The van der Waals surface area contributed by atoms with E-state index in [-0.39, 0.29) is 12.5 Å². The Labute approximate surface area is 100 Å². The highest BCUT2D eigenvalue weighted by molar-refractivity contribution is 5.80. The monoisotopic (exact) mass is 240 g/mol. The molecule has 4 nitrogen and oxygen atoms in total. The molecule has 1 aromatic carbocycles. The normalized spacial score (nSPS) is 12.1. The first-order valence-electron chi connectivity index (χ1n) is 5.31. The maximum Gasteiger partial charge on any atom is 0.262 e. The molecule has 0 spiro atoms. The fourth-order valence-corrected chi connectivity index (χ4v) is 1.42. The Morgan fingerprint density at radius 2 is 2.12 bits per heavy atom. The number of hydrogen-bond donors (Lipinski definition) is 1. The molecule has 0 saturated carbocycles. The summed E-state index contributed by atoms with van der Waals surface area (Å²) >= 11 is 0. The third-order valence-electron chi connectivity index (χ3n) is 2.27. The van der Waals surface area contributed by atoms with Crippen LogP contribution >= 0.6 is 0 Å². The van der Waals surface area contributed by atoms with Crippen LogP contribution in [0.5, 0.6) is 5.75 Å². The van der Waals surface area contributed by atoms with Crippen molar-refractivity contribution in [3.8, 4) is 5.75 Å². The summed E-state index contributed by atoms with van der Waals surface area (Å²) in [5, 5.41) is 0. The number of carbonyl (C=O) groups is 1. The molecule has 0 bridgehead atoms. The molecule has 1 aromatic rings. The molecule has 2 N–H and O–H groups in total. The summed E-state index contributed by atoms with van der Waals surface area (Å²) < 4.78 is 18.6. The molecule has 0 aliphatic heterocycles. The number of ether oxygens (including phenoxy) is 1. The quantitative estimate of drug-likeness (QED) is 0.858. The Bertz CT molecular complexity index is 407. The van der Waals surface area contributed by atoms with Crippen LogP contribution in [0.25, 0.3) is 0 Å². The fraction of sp³-hybridized carbons (Fsp3) is 0.417. The predicted octanol–water partition coefficient (Wildman–Crippen LogP) is 1.14. The molecule has 94 valence electrons. The van der Waals surface area contributed by atoms with E-state index in [2.05, 4.69) is 0 Å². The molecule has 1 atom stereocenters. The van der Waals surface area contributed by atoms with Crippen LogP contribution in [0.3, 0.4) is 0 Å². The third-order valence-corrected chi connectivity index (χ3v) is 2.27. The van der Waals surface area contributed by atoms with Crippen molar-refractivity contribution in [2.24, 2.45) is 5.73 Å². The first-order valence-corrected chi connectivity index (χ1v) is 5.31. The van der Waals surface area contributed by atoms with Crippen molar-refractivity contribution in [3.05, 3.63) is 29.6 Å². The van der Waals surface area contributed by atoms with Crippen molar-refractivity contribution < 1.29 is 13.9 Å². The van der Waals surface area contributed by atoms with Crippen molar-refractivity contribution in [1.29, 1.82) is 0 Å². The van der Waals surface area contributed by atoms with Gasteiger partial charge < -0.3 is 15.4 Å². The highest BCUT2D eigenvalue weighted by Crippen LogP contribution is 2.17. The van der Waals surface area contributed by atoms with E-state index in [0.29, 0.717) is 11.3 Å². The first-order chi connectivity index (χ1) is 7.93. The van der Waals surface area contributed by atoms with E-state index in [9.17, 15) is 9.18 Å². The van der Waals surface area contributed by atoms with Crippen molar-refractivity contribution in [1.82, 2.24) is 4.90 Å². The molecule has 1 unspecified atom stereocenters. The van der Waals surface area contributed by atoms with Gasteiger partial charge >= 0.3 is 0 Å². The summed E-state index contributed by atoms with van der Waals surface area (Å²) in [5.41, 5.74) is 6.06. The molecular weight excluding hydrogens is 223 g/mol. The molecule has 17 heavy (non-hydrogen) atoms. The summed E-state index contributed by atoms with van der Waals surface area (Å²) in [5.74, 6) is -0.288. The molecule has 0 aliphatic carbocycles. The number of rotatable bonds is 4. The van der Waals surface area contributed by atoms with Gasteiger partial charge in [0.25, 0.3) is 5.91 Å². The molecule has 0 saturated heterocycles. The zero-order valence-electron chi connectivity index (χ0n) is 10.2. The van der Waals surface area contributed by atoms with Gasteiger partial charge in [-0.3, -0.25) is 4.79 Å². The van der Waals surface area contributed by atoms with E-state index >= 15 is 0 Å². The molecule has 0 radical (unpaired) electrons. The van der Waals surface area contributed by atoms with Crippen LogP contribution in [0, 0.1) is 5.82 Å². The Kier molecular flexibility index (Phi) is 4.45. The van der Waals surface area contributed by atoms with Gasteiger partial charge in [0.05, 0.1) is 0 Å². The van der Waals surface area contributed by atoms with E-state index in [1.54, 1.807) is 27.1 Å². The van der Waals surface area contributed by atoms with Gasteiger partial charge in [0.1, 0.15) is 11.6 Å². The van der Waals surface area contributed by atoms with E-state index in [0.717, 1.165) is 0 Å². The third kappa shape index (κ3) is 3.71. The molecule has 1 amide bonds. The lowest BCUT2D eigenvalue weighted by Gasteiger charge is -2.18. The summed E-state index contributed by atoms with van der Waals surface area (Å²) in [6, 6.07) is 4.20. The Morgan fingerprint density at radius 3 is 2.65 bits per heavy atom. The zero-order valence-corrected chi connectivity index (χ0v) is 10.2. The number of likely N-dealkylation sites (N-methyl/N-ethyl adjacent to an activating group) is 1. The second-order valence-corrected chi connectivity index (χ2v) is 3.99. The summed E-state index contributed by atoms with van der Waals surface area (Å²) in [6.07, 6.45) is -0.655. The summed E-state index contributed by atoms with van der Waals surface area (Å²) in [6.45, 7) is 1.85. The van der Waals surface area contributed by atoms with Gasteiger partial charge in [-0.1, -0.05) is 0 Å². The molecule has 0 fully saturated rings. The van der Waals surface area contributed by atoms with E-state index in [4.69, 9.17) is 10.5 Å². The zero-order chi connectivity index (χ0) is 13.0. The fourth-order valence-electron chi connectivity index (χ4n) is 1.42. The Balaban J connectivity index is 2.81. The molecule has 0 aliphatic rings. The second-order valence-electron chi connectivity index (χ2n) is 3.99. The van der Waals surface area contributed by atoms with Crippen LogP contribution in [0.15, 0.2) is 18.2 Å². The van der Waals surface area contributed by atoms with E-state index < -0.39 is 11.9 Å². The lowest BCUT2D eigenvalue weighted by Crippen LogP contribution is -2.35. The van der Waals surface area contributed by atoms with Gasteiger partial charge in [-0.25, -0.2) is 4.39 Å².